The van der Waals surface area contributed by atoms with E-state index in [1.165, 1.54) is 0 Å². The Morgan fingerprint density at radius 1 is 1.53 bits per heavy atom. The van der Waals surface area contributed by atoms with Crippen LogP contribution in [0.4, 0.5) is 0 Å². The van der Waals surface area contributed by atoms with Crippen molar-refractivity contribution in [1.29, 1.82) is 0 Å². The van der Waals surface area contributed by atoms with Crippen LogP contribution >= 0.6 is 0 Å². The summed E-state index contributed by atoms with van der Waals surface area (Å²) in [4.78, 5) is 4.16. The minimum Gasteiger partial charge on any atom is -0.393 e. The molecular weight excluding hydrogens is 192 g/mol. The summed E-state index contributed by atoms with van der Waals surface area (Å²) < 4.78 is 1.86. The average Bonchev–Trinajstić information content (AvgIpc) is 2.60. The number of hydrogen-bond acceptors (Lipinski definition) is 4. The van der Waals surface area contributed by atoms with Crippen molar-refractivity contribution in [3.8, 4) is 0 Å². The molecule has 1 aromatic heterocycles. The van der Waals surface area contributed by atoms with Crippen molar-refractivity contribution in [2.75, 3.05) is 0 Å². The minimum absolute atomic E-state index is 0.267. The van der Waals surface area contributed by atoms with E-state index >= 15 is 0 Å². The third-order valence-corrected chi connectivity index (χ3v) is 2.30. The van der Waals surface area contributed by atoms with Crippen LogP contribution in [0, 0.1) is 0 Å². The Bertz CT molecular complexity index is 285. The number of rotatable bonds is 6. The predicted octanol–water partition coefficient (Wildman–Crippen LogP) is 0.547. The van der Waals surface area contributed by atoms with E-state index in [1.54, 1.807) is 13.3 Å². The van der Waals surface area contributed by atoms with Crippen LogP contribution in [-0.2, 0) is 13.1 Å². The Kier molecular flexibility index (Phi) is 4.71. The zero-order chi connectivity index (χ0) is 11.3. The van der Waals surface area contributed by atoms with Crippen LogP contribution in [0.15, 0.2) is 6.33 Å². The molecule has 5 nitrogen and oxygen atoms in total. The first kappa shape index (κ1) is 12.1. The molecule has 0 aliphatic rings. The lowest BCUT2D eigenvalue weighted by atomic mass is 10.1. The first-order valence-corrected chi connectivity index (χ1v) is 5.41. The van der Waals surface area contributed by atoms with Crippen molar-refractivity contribution in [3.63, 3.8) is 0 Å². The third kappa shape index (κ3) is 3.97. The second-order valence-corrected chi connectivity index (χ2v) is 3.86. The molecule has 2 atom stereocenters. The highest BCUT2D eigenvalue weighted by Crippen LogP contribution is 1.99. The maximum atomic E-state index is 9.21. The second-order valence-electron chi connectivity index (χ2n) is 3.86. The number of aromatic nitrogens is 3. The van der Waals surface area contributed by atoms with Gasteiger partial charge >= 0.3 is 0 Å². The molecule has 2 unspecified atom stereocenters. The van der Waals surface area contributed by atoms with Crippen molar-refractivity contribution in [3.05, 3.63) is 12.2 Å². The van der Waals surface area contributed by atoms with E-state index < -0.39 is 0 Å². The van der Waals surface area contributed by atoms with Crippen LogP contribution in [0.2, 0.25) is 0 Å². The molecule has 0 fully saturated rings. The van der Waals surface area contributed by atoms with E-state index in [1.807, 2.05) is 11.6 Å². The largest absolute Gasteiger partial charge is 0.393 e. The van der Waals surface area contributed by atoms with Crippen molar-refractivity contribution < 1.29 is 5.11 Å². The Morgan fingerprint density at radius 3 is 2.87 bits per heavy atom. The van der Waals surface area contributed by atoms with E-state index in [-0.39, 0.29) is 12.1 Å². The van der Waals surface area contributed by atoms with Gasteiger partial charge in [-0.1, -0.05) is 0 Å². The van der Waals surface area contributed by atoms with Crippen LogP contribution in [0.5, 0.6) is 0 Å². The normalized spacial score (nSPS) is 15.2. The topological polar surface area (TPSA) is 63.0 Å². The maximum Gasteiger partial charge on any atom is 0.140 e. The van der Waals surface area contributed by atoms with Gasteiger partial charge in [-0.3, -0.25) is 0 Å². The molecule has 2 N–H and O–H groups in total. The molecule has 1 aromatic rings. The molecule has 0 spiro atoms. The molecule has 86 valence electrons. The monoisotopic (exact) mass is 212 g/mol. The molecule has 0 bridgehead atoms. The lowest BCUT2D eigenvalue weighted by molar-refractivity contribution is 0.170. The van der Waals surface area contributed by atoms with Gasteiger partial charge in [0.15, 0.2) is 0 Å². The Labute approximate surface area is 90.5 Å². The summed E-state index contributed by atoms with van der Waals surface area (Å²) in [6.45, 7) is 7.42. The van der Waals surface area contributed by atoms with Gasteiger partial charge in [0.1, 0.15) is 12.2 Å². The van der Waals surface area contributed by atoms with Gasteiger partial charge in [-0.25, -0.2) is 9.67 Å². The highest BCUT2D eigenvalue weighted by molar-refractivity contribution is 4.84. The average molecular weight is 212 g/mol. The van der Waals surface area contributed by atoms with Crippen molar-refractivity contribution >= 4 is 0 Å². The number of hydrogen-bond donors (Lipinski definition) is 2. The van der Waals surface area contributed by atoms with E-state index in [9.17, 15) is 5.11 Å². The molecule has 0 saturated carbocycles. The molecule has 0 radical (unpaired) electrons. The van der Waals surface area contributed by atoms with Gasteiger partial charge < -0.3 is 10.4 Å². The number of nitrogens with one attached hydrogen (secondary N) is 1. The lowest BCUT2D eigenvalue weighted by Gasteiger charge is -2.14. The molecule has 5 heteroatoms. The fourth-order valence-corrected chi connectivity index (χ4v) is 1.55. The standard InChI is InChI=1S/C10H20N4O/c1-4-14-10(12-7-13-14)6-11-8(2)5-9(3)15/h7-9,11,15H,4-6H2,1-3H3. The van der Waals surface area contributed by atoms with E-state index in [4.69, 9.17) is 0 Å². The summed E-state index contributed by atoms with van der Waals surface area (Å²) in [7, 11) is 0. The zero-order valence-electron chi connectivity index (χ0n) is 9.64. The summed E-state index contributed by atoms with van der Waals surface area (Å²) in [6, 6.07) is 0.284. The zero-order valence-corrected chi connectivity index (χ0v) is 9.64. The van der Waals surface area contributed by atoms with E-state index in [0.717, 1.165) is 18.8 Å². The van der Waals surface area contributed by atoms with Gasteiger partial charge in [0.2, 0.25) is 0 Å². The summed E-state index contributed by atoms with van der Waals surface area (Å²) in [6.07, 6.45) is 2.05. The highest BCUT2D eigenvalue weighted by Gasteiger charge is 2.07. The SMILES string of the molecule is CCn1ncnc1CNC(C)CC(C)O. The molecule has 0 aliphatic heterocycles. The number of aryl methyl sites for hydroxylation is 1. The van der Waals surface area contributed by atoms with E-state index in [2.05, 4.69) is 22.3 Å². The fourth-order valence-electron chi connectivity index (χ4n) is 1.55. The maximum absolute atomic E-state index is 9.21. The number of aliphatic hydroxyl groups excluding tert-OH is 1. The van der Waals surface area contributed by atoms with Gasteiger partial charge in [0, 0.05) is 12.6 Å². The van der Waals surface area contributed by atoms with Crippen LogP contribution in [0.1, 0.15) is 33.0 Å². The van der Waals surface area contributed by atoms with Crippen molar-refractivity contribution in [2.45, 2.75) is 52.4 Å². The van der Waals surface area contributed by atoms with Gasteiger partial charge in [0.25, 0.3) is 0 Å². The third-order valence-electron chi connectivity index (χ3n) is 2.30. The Balaban J connectivity index is 2.36. The molecule has 0 amide bonds. The van der Waals surface area contributed by atoms with Gasteiger partial charge in [-0.05, 0) is 27.2 Å². The Hall–Kier alpha value is -0.940. The van der Waals surface area contributed by atoms with Crippen LogP contribution in [0.3, 0.4) is 0 Å². The molecule has 0 saturated heterocycles. The summed E-state index contributed by atoms with van der Waals surface area (Å²) in [5, 5.41) is 16.6. The number of nitrogens with zero attached hydrogens (tertiary/aromatic N) is 3. The second kappa shape index (κ2) is 5.82. The quantitative estimate of drug-likeness (QED) is 0.722. The fraction of sp³-hybridized carbons (Fsp3) is 0.800. The predicted molar refractivity (Wildman–Crippen MR) is 58.3 cm³/mol. The number of aliphatic hydroxyl groups is 1. The van der Waals surface area contributed by atoms with Gasteiger partial charge in [-0.2, -0.15) is 5.10 Å². The Morgan fingerprint density at radius 2 is 2.27 bits per heavy atom. The van der Waals surface area contributed by atoms with Gasteiger partial charge in [0.05, 0.1) is 12.6 Å². The molecule has 1 heterocycles. The summed E-state index contributed by atoms with van der Waals surface area (Å²) in [5.74, 6) is 0.940. The lowest BCUT2D eigenvalue weighted by Crippen LogP contribution is -2.29. The minimum atomic E-state index is -0.267. The molecule has 0 aromatic carbocycles. The smallest absolute Gasteiger partial charge is 0.140 e. The van der Waals surface area contributed by atoms with Crippen LogP contribution < -0.4 is 5.32 Å². The van der Waals surface area contributed by atoms with Crippen LogP contribution in [-0.4, -0.2) is 32.0 Å². The highest BCUT2D eigenvalue weighted by atomic mass is 16.3. The molecule has 15 heavy (non-hydrogen) atoms. The molecule has 1 rings (SSSR count). The summed E-state index contributed by atoms with van der Waals surface area (Å²) in [5.41, 5.74) is 0. The first-order chi connectivity index (χ1) is 7.13. The van der Waals surface area contributed by atoms with Crippen LogP contribution in [0.25, 0.3) is 0 Å². The van der Waals surface area contributed by atoms with Crippen molar-refractivity contribution in [2.24, 2.45) is 0 Å². The van der Waals surface area contributed by atoms with Crippen molar-refractivity contribution in [1.82, 2.24) is 20.1 Å². The molecular formula is C10H20N4O. The van der Waals surface area contributed by atoms with E-state index in [0.29, 0.717) is 6.54 Å². The first-order valence-electron chi connectivity index (χ1n) is 5.41. The molecule has 0 aliphatic carbocycles. The van der Waals surface area contributed by atoms with Gasteiger partial charge in [-0.15, -0.1) is 0 Å². The summed E-state index contributed by atoms with van der Waals surface area (Å²) >= 11 is 0.